The van der Waals surface area contributed by atoms with Gasteiger partial charge >= 0.3 is 0 Å². The van der Waals surface area contributed by atoms with Crippen molar-refractivity contribution in [1.82, 2.24) is 4.57 Å². The van der Waals surface area contributed by atoms with Gasteiger partial charge in [-0.3, -0.25) is 14.9 Å². The summed E-state index contributed by atoms with van der Waals surface area (Å²) in [6.45, 7) is 0.305. The molecule has 0 saturated carbocycles. The van der Waals surface area contributed by atoms with Crippen LogP contribution in [0, 0.1) is 21.7 Å². The molecule has 0 fully saturated rings. The van der Waals surface area contributed by atoms with E-state index in [1.165, 1.54) is 47.2 Å². The fourth-order valence-electron chi connectivity index (χ4n) is 3.18. The SMILES string of the molecule is O=c1ccc([N+](=O)[O-])cn1CCCC(c1ccc(F)cc1)c1ccc(F)cc1. The Morgan fingerprint density at radius 3 is 1.93 bits per heavy atom. The van der Waals surface area contributed by atoms with Gasteiger partial charge in [-0.2, -0.15) is 0 Å². The third-order valence-electron chi connectivity index (χ3n) is 4.62. The summed E-state index contributed by atoms with van der Waals surface area (Å²) in [5.74, 6) is -0.801. The standard InChI is InChI=1S/C21H18F2N2O3/c22-17-7-3-15(4-8-17)20(16-5-9-18(23)10-6-16)2-1-13-24-14-19(25(27)28)11-12-21(24)26/h3-12,14,20H,1-2,13H2. The second kappa shape index (κ2) is 8.56. The molecule has 0 aliphatic carbocycles. The number of benzene rings is 2. The molecule has 1 aromatic heterocycles. The zero-order valence-electron chi connectivity index (χ0n) is 14.9. The molecule has 0 spiro atoms. The molecular weight excluding hydrogens is 366 g/mol. The Morgan fingerprint density at radius 1 is 0.893 bits per heavy atom. The first-order valence-electron chi connectivity index (χ1n) is 8.80. The first-order chi connectivity index (χ1) is 13.4. The average Bonchev–Trinajstić information content (AvgIpc) is 2.68. The fourth-order valence-corrected chi connectivity index (χ4v) is 3.18. The minimum absolute atomic E-state index is 0.115. The summed E-state index contributed by atoms with van der Waals surface area (Å²) >= 11 is 0. The van der Waals surface area contributed by atoms with Crippen LogP contribution in [0.5, 0.6) is 0 Å². The summed E-state index contributed by atoms with van der Waals surface area (Å²) in [6.07, 6.45) is 2.39. The van der Waals surface area contributed by atoms with Crippen LogP contribution < -0.4 is 5.56 Å². The van der Waals surface area contributed by atoms with E-state index in [1.54, 1.807) is 24.3 Å². The van der Waals surface area contributed by atoms with Crippen LogP contribution in [0.2, 0.25) is 0 Å². The Hall–Kier alpha value is -3.35. The highest BCUT2D eigenvalue weighted by Crippen LogP contribution is 2.30. The van der Waals surface area contributed by atoms with Gasteiger partial charge in [-0.25, -0.2) is 8.78 Å². The zero-order valence-corrected chi connectivity index (χ0v) is 14.9. The predicted molar refractivity (Wildman–Crippen MR) is 101 cm³/mol. The van der Waals surface area contributed by atoms with Gasteiger partial charge in [0.25, 0.3) is 11.2 Å². The maximum Gasteiger partial charge on any atom is 0.285 e. The number of nitrogens with zero attached hydrogens (tertiary/aromatic N) is 2. The van der Waals surface area contributed by atoms with Crippen LogP contribution in [0.15, 0.2) is 71.7 Å². The largest absolute Gasteiger partial charge is 0.309 e. The number of halogens is 2. The van der Waals surface area contributed by atoms with E-state index in [1.807, 2.05) is 0 Å². The second-order valence-corrected chi connectivity index (χ2v) is 6.47. The van der Waals surface area contributed by atoms with Crippen LogP contribution in [0.3, 0.4) is 0 Å². The van der Waals surface area contributed by atoms with Crippen molar-refractivity contribution < 1.29 is 13.7 Å². The first kappa shape index (κ1) is 19.4. The minimum atomic E-state index is -0.546. The molecule has 1 heterocycles. The number of hydrogen-bond acceptors (Lipinski definition) is 3. The quantitative estimate of drug-likeness (QED) is 0.440. The molecule has 28 heavy (non-hydrogen) atoms. The lowest BCUT2D eigenvalue weighted by molar-refractivity contribution is -0.385. The second-order valence-electron chi connectivity index (χ2n) is 6.47. The number of pyridine rings is 1. The van der Waals surface area contributed by atoms with E-state index in [4.69, 9.17) is 0 Å². The molecule has 144 valence electrons. The highest BCUT2D eigenvalue weighted by Gasteiger charge is 2.15. The van der Waals surface area contributed by atoms with Gasteiger partial charge in [0.2, 0.25) is 0 Å². The van der Waals surface area contributed by atoms with Crippen molar-refractivity contribution in [2.24, 2.45) is 0 Å². The van der Waals surface area contributed by atoms with Gasteiger partial charge in [0.1, 0.15) is 11.6 Å². The van der Waals surface area contributed by atoms with Crippen molar-refractivity contribution in [3.63, 3.8) is 0 Å². The van der Waals surface area contributed by atoms with Gasteiger partial charge in [-0.15, -0.1) is 0 Å². The third-order valence-corrected chi connectivity index (χ3v) is 4.62. The Labute approximate surface area is 160 Å². The van der Waals surface area contributed by atoms with Gasteiger partial charge in [-0.1, -0.05) is 24.3 Å². The number of hydrogen-bond donors (Lipinski definition) is 0. The van der Waals surface area contributed by atoms with Crippen molar-refractivity contribution in [2.75, 3.05) is 0 Å². The normalized spacial score (nSPS) is 11.0. The van der Waals surface area contributed by atoms with Crippen molar-refractivity contribution in [2.45, 2.75) is 25.3 Å². The molecule has 3 aromatic rings. The smallest absolute Gasteiger partial charge is 0.285 e. The van der Waals surface area contributed by atoms with Crippen molar-refractivity contribution in [3.05, 3.63) is 110 Å². The molecule has 0 atom stereocenters. The molecule has 2 aromatic carbocycles. The lowest BCUT2D eigenvalue weighted by Gasteiger charge is -2.18. The van der Waals surface area contributed by atoms with Crippen LogP contribution in [0.1, 0.15) is 29.9 Å². The highest BCUT2D eigenvalue weighted by molar-refractivity contribution is 5.32. The number of aromatic nitrogens is 1. The molecule has 0 amide bonds. The van der Waals surface area contributed by atoms with Crippen LogP contribution >= 0.6 is 0 Å². The Morgan fingerprint density at radius 2 is 1.43 bits per heavy atom. The van der Waals surface area contributed by atoms with E-state index in [9.17, 15) is 23.7 Å². The Kier molecular flexibility index (Phi) is 5.93. The molecule has 0 unspecified atom stereocenters. The summed E-state index contributed by atoms with van der Waals surface area (Å²) in [7, 11) is 0. The van der Waals surface area contributed by atoms with Gasteiger partial charge in [-0.05, 0) is 48.2 Å². The number of rotatable bonds is 7. The Bertz CT molecular complexity index is 970. The van der Waals surface area contributed by atoms with E-state index < -0.39 is 4.92 Å². The summed E-state index contributed by atoms with van der Waals surface area (Å²) in [6, 6.07) is 14.6. The highest BCUT2D eigenvalue weighted by atomic mass is 19.1. The first-order valence-corrected chi connectivity index (χ1v) is 8.80. The zero-order chi connectivity index (χ0) is 20.1. The predicted octanol–water partition coefficient (Wildman–Crippen LogP) is 4.65. The van der Waals surface area contributed by atoms with Crippen molar-refractivity contribution in [1.29, 1.82) is 0 Å². The molecule has 5 nitrogen and oxygen atoms in total. The average molecular weight is 384 g/mol. The van der Waals surface area contributed by atoms with Crippen LogP contribution in [0.4, 0.5) is 14.5 Å². The lowest BCUT2D eigenvalue weighted by Crippen LogP contribution is -2.19. The molecule has 0 aliphatic rings. The maximum atomic E-state index is 13.3. The van der Waals surface area contributed by atoms with Crippen LogP contribution in [-0.2, 0) is 6.54 Å². The Balaban J connectivity index is 1.80. The fraction of sp³-hybridized carbons (Fsp3) is 0.190. The van der Waals surface area contributed by atoms with E-state index in [0.29, 0.717) is 19.4 Å². The summed E-state index contributed by atoms with van der Waals surface area (Å²) < 4.78 is 27.9. The maximum absolute atomic E-state index is 13.3. The summed E-state index contributed by atoms with van der Waals surface area (Å²) in [5, 5.41) is 10.9. The number of aryl methyl sites for hydroxylation is 1. The topological polar surface area (TPSA) is 65.1 Å². The van der Waals surface area contributed by atoms with Gasteiger partial charge in [0, 0.05) is 24.6 Å². The lowest BCUT2D eigenvalue weighted by atomic mass is 9.87. The monoisotopic (exact) mass is 384 g/mol. The van der Waals surface area contributed by atoms with Gasteiger partial charge < -0.3 is 4.57 Å². The molecule has 0 aliphatic heterocycles. The van der Waals surface area contributed by atoms with E-state index in [2.05, 4.69) is 0 Å². The van der Waals surface area contributed by atoms with Crippen LogP contribution in [0.25, 0.3) is 0 Å². The summed E-state index contributed by atoms with van der Waals surface area (Å²) in [5.41, 5.74) is 1.29. The van der Waals surface area contributed by atoms with E-state index in [-0.39, 0.29) is 28.8 Å². The molecule has 7 heteroatoms. The molecule has 3 rings (SSSR count). The minimum Gasteiger partial charge on any atom is -0.309 e. The molecule has 0 radical (unpaired) electrons. The third kappa shape index (κ3) is 4.68. The summed E-state index contributed by atoms with van der Waals surface area (Å²) in [4.78, 5) is 22.3. The molecular formula is C21H18F2N2O3. The molecule has 0 saturated heterocycles. The van der Waals surface area contributed by atoms with Crippen molar-refractivity contribution >= 4 is 5.69 Å². The van der Waals surface area contributed by atoms with Crippen LogP contribution in [-0.4, -0.2) is 9.49 Å². The van der Waals surface area contributed by atoms with Crippen molar-refractivity contribution in [3.8, 4) is 0 Å². The molecule has 0 bridgehead atoms. The van der Waals surface area contributed by atoms with E-state index in [0.717, 1.165) is 11.1 Å². The van der Waals surface area contributed by atoms with E-state index >= 15 is 0 Å². The molecule has 0 N–H and O–H groups in total. The van der Waals surface area contributed by atoms with Gasteiger partial charge in [0.15, 0.2) is 0 Å². The number of nitro groups is 1. The van der Waals surface area contributed by atoms with Gasteiger partial charge in [0.05, 0.1) is 11.1 Å².